The molecule has 116 valence electrons. The molecule has 0 bridgehead atoms. The minimum absolute atomic E-state index is 0.245. The van der Waals surface area contributed by atoms with Gasteiger partial charge >= 0.3 is 0 Å². The molecular formula is C15H15BrN2O4. The third kappa shape index (κ3) is 2.55. The van der Waals surface area contributed by atoms with Crippen molar-refractivity contribution in [2.45, 2.75) is 12.5 Å². The lowest BCUT2D eigenvalue weighted by atomic mass is 9.94. The summed E-state index contributed by atoms with van der Waals surface area (Å²) in [6.07, 6.45) is -0.216. The Kier molecular flexibility index (Phi) is 4.26. The van der Waals surface area contributed by atoms with Crippen LogP contribution in [0.15, 0.2) is 33.9 Å². The highest BCUT2D eigenvalue weighted by atomic mass is 79.9. The Bertz CT molecular complexity index is 629. The van der Waals surface area contributed by atoms with Gasteiger partial charge in [0.05, 0.1) is 0 Å². The van der Waals surface area contributed by atoms with Crippen molar-refractivity contribution in [3.05, 3.63) is 34.3 Å². The average molecular weight is 367 g/mol. The minimum atomic E-state index is -0.825. The van der Waals surface area contributed by atoms with Crippen molar-refractivity contribution in [3.8, 4) is 0 Å². The Balaban J connectivity index is 1.80. The van der Waals surface area contributed by atoms with Gasteiger partial charge in [0.2, 0.25) is 12.0 Å². The molecule has 1 fully saturated rings. The highest BCUT2D eigenvalue weighted by Crippen LogP contribution is 2.32. The van der Waals surface area contributed by atoms with Crippen LogP contribution in [-0.4, -0.2) is 48.8 Å². The number of methoxy groups -OCH3 is 1. The van der Waals surface area contributed by atoms with E-state index in [1.807, 2.05) is 24.3 Å². The molecule has 1 aromatic carbocycles. The number of halogens is 1. The molecule has 7 heteroatoms. The number of fused-ring (bicyclic) bond motifs is 1. The Morgan fingerprint density at radius 3 is 2.68 bits per heavy atom. The van der Waals surface area contributed by atoms with E-state index in [9.17, 15) is 9.59 Å². The van der Waals surface area contributed by atoms with Gasteiger partial charge in [-0.15, -0.1) is 0 Å². The Labute approximate surface area is 136 Å². The Hall–Kier alpha value is -1.73. The van der Waals surface area contributed by atoms with E-state index in [0.717, 1.165) is 10.0 Å². The zero-order chi connectivity index (χ0) is 15.7. The van der Waals surface area contributed by atoms with E-state index in [-0.39, 0.29) is 11.8 Å². The summed E-state index contributed by atoms with van der Waals surface area (Å²) in [7, 11) is 1.59. The first-order valence-corrected chi connectivity index (χ1v) is 7.76. The third-order valence-corrected chi connectivity index (χ3v) is 4.30. The number of ether oxygens (including phenoxy) is 1. The van der Waals surface area contributed by atoms with Gasteiger partial charge in [-0.2, -0.15) is 0 Å². The maximum atomic E-state index is 12.5. The first-order chi connectivity index (χ1) is 10.6. The molecule has 2 aliphatic rings. The maximum absolute atomic E-state index is 12.5. The zero-order valence-corrected chi connectivity index (χ0v) is 13.6. The molecule has 0 spiro atoms. The summed E-state index contributed by atoms with van der Waals surface area (Å²) in [4.78, 5) is 31.3. The van der Waals surface area contributed by atoms with Gasteiger partial charge in [0.25, 0.3) is 5.91 Å². The lowest BCUT2D eigenvalue weighted by molar-refractivity contribution is -0.142. The van der Waals surface area contributed by atoms with Crippen LogP contribution in [0.2, 0.25) is 0 Å². The summed E-state index contributed by atoms with van der Waals surface area (Å²) in [6, 6.07) is 7.42. The van der Waals surface area contributed by atoms with Crippen LogP contribution in [0, 0.1) is 5.92 Å². The zero-order valence-electron chi connectivity index (χ0n) is 12.0. The minimum Gasteiger partial charge on any atom is -0.385 e. The molecule has 0 aromatic heterocycles. The molecule has 0 unspecified atom stereocenters. The molecule has 0 aliphatic carbocycles. The van der Waals surface area contributed by atoms with Crippen molar-refractivity contribution in [1.29, 1.82) is 0 Å². The molecule has 2 atom stereocenters. The van der Waals surface area contributed by atoms with E-state index in [1.165, 1.54) is 4.90 Å². The first kappa shape index (κ1) is 15.2. The van der Waals surface area contributed by atoms with Gasteiger partial charge in [-0.25, -0.2) is 0 Å². The predicted molar refractivity (Wildman–Crippen MR) is 82.3 cm³/mol. The van der Waals surface area contributed by atoms with Gasteiger partial charge in [0.15, 0.2) is 0 Å². The third-order valence-electron chi connectivity index (χ3n) is 3.77. The van der Waals surface area contributed by atoms with Crippen molar-refractivity contribution in [2.75, 3.05) is 20.3 Å². The second kappa shape index (κ2) is 6.18. The number of carbonyl (C=O) groups excluding carboxylic acids is 2. The van der Waals surface area contributed by atoms with Gasteiger partial charge in [-0.1, -0.05) is 33.2 Å². The fraction of sp³-hybridized carbons (Fsp3) is 0.400. The molecule has 2 heterocycles. The largest absolute Gasteiger partial charge is 0.385 e. The molecule has 0 saturated carbocycles. The van der Waals surface area contributed by atoms with Crippen LogP contribution < -0.4 is 0 Å². The number of likely N-dealkylation sites (tertiary alicyclic amines) is 1. The van der Waals surface area contributed by atoms with Crippen LogP contribution in [0.1, 0.15) is 12.0 Å². The van der Waals surface area contributed by atoms with Gasteiger partial charge in [-0.05, 0) is 18.6 Å². The van der Waals surface area contributed by atoms with Gasteiger partial charge in [-0.3, -0.25) is 14.5 Å². The SMILES string of the molecule is COCCCN1C(=O)[C@H]2C(c3ccc(Br)cc3)=NO[C@H]2C1=O. The van der Waals surface area contributed by atoms with Crippen molar-refractivity contribution in [3.63, 3.8) is 0 Å². The van der Waals surface area contributed by atoms with Crippen LogP contribution in [0.25, 0.3) is 0 Å². The summed E-state index contributed by atoms with van der Waals surface area (Å²) in [6.45, 7) is 0.844. The average Bonchev–Trinajstić information content (AvgIpc) is 3.04. The maximum Gasteiger partial charge on any atom is 0.274 e. The van der Waals surface area contributed by atoms with E-state index in [1.54, 1.807) is 7.11 Å². The quantitative estimate of drug-likeness (QED) is 0.585. The molecule has 1 aromatic rings. The smallest absolute Gasteiger partial charge is 0.274 e. The fourth-order valence-electron chi connectivity index (χ4n) is 2.68. The molecule has 1 saturated heterocycles. The topological polar surface area (TPSA) is 68.2 Å². The summed E-state index contributed by atoms with van der Waals surface area (Å²) in [5.74, 6) is -1.21. The molecular weight excluding hydrogens is 352 g/mol. The number of hydrogen-bond donors (Lipinski definition) is 0. The number of rotatable bonds is 5. The molecule has 22 heavy (non-hydrogen) atoms. The van der Waals surface area contributed by atoms with Crippen molar-refractivity contribution in [1.82, 2.24) is 4.90 Å². The number of hydrogen-bond acceptors (Lipinski definition) is 5. The van der Waals surface area contributed by atoms with Gasteiger partial charge in [0.1, 0.15) is 11.6 Å². The summed E-state index contributed by atoms with van der Waals surface area (Å²) in [5.41, 5.74) is 1.31. The Morgan fingerprint density at radius 1 is 1.27 bits per heavy atom. The number of imide groups is 1. The standard InChI is InChI=1S/C15H15BrN2O4/c1-21-8-2-7-18-14(19)11-12(17-22-13(11)15(18)20)9-3-5-10(16)6-4-9/h3-6,11,13H,2,7-8H2,1H3/t11-,13+/m0/s1. The first-order valence-electron chi connectivity index (χ1n) is 6.97. The monoisotopic (exact) mass is 366 g/mol. The van der Waals surface area contributed by atoms with Crippen molar-refractivity contribution < 1.29 is 19.2 Å². The van der Waals surface area contributed by atoms with E-state index in [4.69, 9.17) is 9.57 Å². The van der Waals surface area contributed by atoms with Crippen LogP contribution >= 0.6 is 15.9 Å². The number of carbonyl (C=O) groups is 2. The molecule has 0 radical (unpaired) electrons. The molecule has 3 rings (SSSR count). The lowest BCUT2D eigenvalue weighted by Crippen LogP contribution is -2.34. The highest BCUT2D eigenvalue weighted by Gasteiger charge is 2.55. The van der Waals surface area contributed by atoms with Gasteiger partial charge < -0.3 is 9.57 Å². The van der Waals surface area contributed by atoms with Crippen LogP contribution in [-0.2, 0) is 19.2 Å². The van der Waals surface area contributed by atoms with Crippen LogP contribution in [0.4, 0.5) is 0 Å². The molecule has 0 N–H and O–H groups in total. The molecule has 2 aliphatic heterocycles. The second-order valence-corrected chi connectivity index (χ2v) is 6.08. The van der Waals surface area contributed by atoms with Crippen LogP contribution in [0.5, 0.6) is 0 Å². The van der Waals surface area contributed by atoms with E-state index in [2.05, 4.69) is 21.1 Å². The van der Waals surface area contributed by atoms with Crippen molar-refractivity contribution in [2.24, 2.45) is 11.1 Å². The number of nitrogens with zero attached hydrogens (tertiary/aromatic N) is 2. The summed E-state index contributed by atoms with van der Waals surface area (Å²) < 4.78 is 5.89. The van der Waals surface area contributed by atoms with E-state index < -0.39 is 12.0 Å². The molecule has 6 nitrogen and oxygen atoms in total. The predicted octanol–water partition coefficient (Wildman–Crippen LogP) is 1.57. The normalized spacial score (nSPS) is 23.5. The summed E-state index contributed by atoms with van der Waals surface area (Å²) in [5, 5.41) is 3.96. The van der Waals surface area contributed by atoms with Crippen LogP contribution in [0.3, 0.4) is 0 Å². The Morgan fingerprint density at radius 2 is 2.00 bits per heavy atom. The lowest BCUT2D eigenvalue weighted by Gasteiger charge is -2.14. The number of oxime groups is 1. The number of amides is 2. The highest BCUT2D eigenvalue weighted by molar-refractivity contribution is 9.10. The number of benzene rings is 1. The molecule has 2 amide bonds. The van der Waals surface area contributed by atoms with E-state index in [0.29, 0.717) is 25.3 Å². The fourth-order valence-corrected chi connectivity index (χ4v) is 2.94. The van der Waals surface area contributed by atoms with Gasteiger partial charge in [0, 0.05) is 30.3 Å². The second-order valence-electron chi connectivity index (χ2n) is 5.16. The van der Waals surface area contributed by atoms with E-state index >= 15 is 0 Å². The summed E-state index contributed by atoms with van der Waals surface area (Å²) >= 11 is 3.36. The van der Waals surface area contributed by atoms with Crippen molar-refractivity contribution >= 4 is 33.5 Å².